The van der Waals surface area contributed by atoms with Crippen LogP contribution in [0.1, 0.15) is 63.2 Å². The van der Waals surface area contributed by atoms with Crippen molar-refractivity contribution in [2.24, 2.45) is 5.41 Å². The van der Waals surface area contributed by atoms with Crippen molar-refractivity contribution in [2.75, 3.05) is 6.66 Å². The second-order valence-electron chi connectivity index (χ2n) is 6.42. The molecular formula is C17H27O3P. The Balaban J connectivity index is 2.95. The van der Waals surface area contributed by atoms with E-state index in [4.69, 9.17) is 0 Å². The fraction of sp³-hybridized carbons (Fsp3) is 0.588. The van der Waals surface area contributed by atoms with Gasteiger partial charge in [-0.2, -0.15) is 0 Å². The van der Waals surface area contributed by atoms with Gasteiger partial charge in [0.15, 0.2) is 5.78 Å². The van der Waals surface area contributed by atoms with Crippen molar-refractivity contribution in [3.8, 4) is 0 Å². The van der Waals surface area contributed by atoms with E-state index in [0.717, 1.165) is 19.3 Å². The molecule has 1 atom stereocenters. The lowest BCUT2D eigenvalue weighted by molar-refractivity contribution is 0.0823. The molecule has 1 rings (SSSR count). The van der Waals surface area contributed by atoms with E-state index in [1.807, 2.05) is 13.8 Å². The lowest BCUT2D eigenvalue weighted by Crippen LogP contribution is -2.29. The number of carbonyl (C=O) groups is 1. The minimum atomic E-state index is -3.44. The zero-order chi connectivity index (χ0) is 16.1. The zero-order valence-electron chi connectivity index (χ0n) is 13.6. The Morgan fingerprint density at radius 2 is 1.81 bits per heavy atom. The summed E-state index contributed by atoms with van der Waals surface area (Å²) in [7, 11) is -3.44. The Labute approximate surface area is 128 Å². The Morgan fingerprint density at radius 1 is 1.19 bits per heavy atom. The van der Waals surface area contributed by atoms with E-state index in [2.05, 4.69) is 6.92 Å². The van der Waals surface area contributed by atoms with Gasteiger partial charge >= 0.3 is 0 Å². The third-order valence-electron chi connectivity index (χ3n) is 3.87. The highest BCUT2D eigenvalue weighted by Crippen LogP contribution is 2.37. The second-order valence-corrected chi connectivity index (χ2v) is 8.66. The van der Waals surface area contributed by atoms with Crippen LogP contribution in [0.5, 0.6) is 0 Å². The molecule has 0 saturated heterocycles. The van der Waals surface area contributed by atoms with E-state index >= 15 is 0 Å². The Morgan fingerprint density at radius 3 is 2.38 bits per heavy atom. The molecule has 0 spiro atoms. The van der Waals surface area contributed by atoms with Gasteiger partial charge in [-0.05, 0) is 12.5 Å². The van der Waals surface area contributed by atoms with E-state index in [1.54, 1.807) is 24.3 Å². The van der Waals surface area contributed by atoms with E-state index < -0.39 is 12.8 Å². The summed E-state index contributed by atoms with van der Waals surface area (Å²) < 4.78 is 12.0. The average molecular weight is 310 g/mol. The molecule has 0 amide bonds. The van der Waals surface area contributed by atoms with Gasteiger partial charge in [0.2, 0.25) is 7.37 Å². The molecule has 0 saturated carbocycles. The Hall–Kier alpha value is -0.920. The van der Waals surface area contributed by atoms with E-state index in [9.17, 15) is 14.3 Å². The van der Waals surface area contributed by atoms with Crippen LogP contribution < -0.4 is 5.30 Å². The topological polar surface area (TPSA) is 54.4 Å². The SMILES string of the molecule is CCCCCCC(C)(C)C(=O)c1ccccc1P(C)(=O)O. The molecule has 0 aliphatic heterocycles. The minimum absolute atomic E-state index is 0.0364. The highest BCUT2D eigenvalue weighted by molar-refractivity contribution is 7.65. The molecule has 1 N–H and O–H groups in total. The number of ketones is 1. The fourth-order valence-corrected chi connectivity index (χ4v) is 3.48. The van der Waals surface area contributed by atoms with Crippen LogP contribution in [-0.2, 0) is 4.57 Å². The quantitative estimate of drug-likeness (QED) is 0.440. The van der Waals surface area contributed by atoms with Gasteiger partial charge in [0.1, 0.15) is 0 Å². The standard InChI is InChI=1S/C17H27O3P/c1-5-6-7-10-13-17(2,3)16(18)14-11-8-9-12-15(14)21(4,19)20/h8-9,11-12H,5-7,10,13H2,1-4H3,(H,19,20). The molecule has 1 aromatic rings. The van der Waals surface area contributed by atoms with Crippen LogP contribution in [0, 0.1) is 5.41 Å². The van der Waals surface area contributed by atoms with Crippen LogP contribution in [0.4, 0.5) is 0 Å². The first-order chi connectivity index (χ1) is 9.70. The summed E-state index contributed by atoms with van der Waals surface area (Å²) in [6, 6.07) is 6.70. The number of carbonyl (C=O) groups excluding carboxylic acids is 1. The van der Waals surface area contributed by atoms with Crippen molar-refractivity contribution in [1.82, 2.24) is 0 Å². The first-order valence-electron chi connectivity index (χ1n) is 7.65. The molecule has 0 aliphatic rings. The van der Waals surface area contributed by atoms with Gasteiger partial charge in [0, 0.05) is 22.9 Å². The highest BCUT2D eigenvalue weighted by atomic mass is 31.2. The molecule has 0 fully saturated rings. The fourth-order valence-electron chi connectivity index (χ4n) is 2.50. The van der Waals surface area contributed by atoms with Crippen LogP contribution in [0.15, 0.2) is 24.3 Å². The monoisotopic (exact) mass is 310 g/mol. The molecule has 0 aliphatic carbocycles. The number of Topliss-reactive ketones (excluding diaryl/α,β-unsaturated/α-hetero) is 1. The van der Waals surface area contributed by atoms with Crippen molar-refractivity contribution >= 4 is 18.5 Å². The lowest BCUT2D eigenvalue weighted by Gasteiger charge is -2.25. The van der Waals surface area contributed by atoms with E-state index in [1.165, 1.54) is 19.5 Å². The molecule has 1 aromatic carbocycles. The summed E-state index contributed by atoms with van der Waals surface area (Å²) in [6.45, 7) is 7.30. The third-order valence-corrected chi connectivity index (χ3v) is 5.15. The van der Waals surface area contributed by atoms with Crippen molar-refractivity contribution in [2.45, 2.75) is 52.9 Å². The number of unbranched alkanes of at least 4 members (excludes halogenated alkanes) is 3. The van der Waals surface area contributed by atoms with Crippen LogP contribution in [-0.4, -0.2) is 17.3 Å². The minimum Gasteiger partial charge on any atom is -0.341 e. The first-order valence-corrected chi connectivity index (χ1v) is 9.75. The molecule has 21 heavy (non-hydrogen) atoms. The summed E-state index contributed by atoms with van der Waals surface area (Å²) in [4.78, 5) is 22.6. The van der Waals surface area contributed by atoms with E-state index in [-0.39, 0.29) is 11.1 Å². The van der Waals surface area contributed by atoms with Crippen LogP contribution >= 0.6 is 7.37 Å². The van der Waals surface area contributed by atoms with Crippen molar-refractivity contribution in [3.63, 3.8) is 0 Å². The molecule has 0 bridgehead atoms. The highest BCUT2D eigenvalue weighted by Gasteiger charge is 2.32. The van der Waals surface area contributed by atoms with Gasteiger partial charge in [0.25, 0.3) is 0 Å². The number of rotatable bonds is 8. The predicted octanol–water partition coefficient (Wildman–Crippen LogP) is 4.39. The number of benzene rings is 1. The summed E-state index contributed by atoms with van der Waals surface area (Å²) in [5.74, 6) is -0.0364. The molecule has 3 nitrogen and oxygen atoms in total. The Bertz CT molecular complexity index is 529. The van der Waals surface area contributed by atoms with Crippen LogP contribution in [0.2, 0.25) is 0 Å². The molecule has 0 radical (unpaired) electrons. The second kappa shape index (κ2) is 7.38. The molecule has 118 valence electrons. The molecule has 0 heterocycles. The van der Waals surface area contributed by atoms with Gasteiger partial charge in [-0.15, -0.1) is 0 Å². The molecule has 4 heteroatoms. The largest absolute Gasteiger partial charge is 0.341 e. The summed E-state index contributed by atoms with van der Waals surface area (Å²) in [5.41, 5.74) is -0.106. The lowest BCUT2D eigenvalue weighted by atomic mass is 9.80. The normalized spacial score (nSPS) is 14.7. The van der Waals surface area contributed by atoms with E-state index in [0.29, 0.717) is 5.56 Å². The first kappa shape index (κ1) is 18.1. The van der Waals surface area contributed by atoms with Crippen molar-refractivity contribution in [3.05, 3.63) is 29.8 Å². The van der Waals surface area contributed by atoms with Gasteiger partial charge in [-0.3, -0.25) is 9.36 Å². The van der Waals surface area contributed by atoms with Crippen molar-refractivity contribution < 1.29 is 14.3 Å². The van der Waals surface area contributed by atoms with Gasteiger partial charge in [-0.25, -0.2) is 0 Å². The number of hydrogen-bond donors (Lipinski definition) is 1. The maximum Gasteiger partial charge on any atom is 0.227 e. The Kier molecular flexibility index (Phi) is 6.37. The summed E-state index contributed by atoms with van der Waals surface area (Å²) >= 11 is 0. The maximum atomic E-state index is 12.8. The van der Waals surface area contributed by atoms with Crippen LogP contribution in [0.3, 0.4) is 0 Å². The average Bonchev–Trinajstić information content (AvgIpc) is 2.42. The van der Waals surface area contributed by atoms with Gasteiger partial charge < -0.3 is 4.89 Å². The summed E-state index contributed by atoms with van der Waals surface area (Å²) in [5, 5.41) is 0.275. The molecular weight excluding hydrogens is 283 g/mol. The van der Waals surface area contributed by atoms with Gasteiger partial charge in [0.05, 0.1) is 0 Å². The summed E-state index contributed by atoms with van der Waals surface area (Å²) in [6.07, 6.45) is 5.29. The molecule has 0 aromatic heterocycles. The van der Waals surface area contributed by atoms with Gasteiger partial charge in [-0.1, -0.05) is 64.7 Å². The maximum absolute atomic E-state index is 12.8. The smallest absolute Gasteiger partial charge is 0.227 e. The molecule has 1 unspecified atom stereocenters. The van der Waals surface area contributed by atoms with Crippen molar-refractivity contribution in [1.29, 1.82) is 0 Å². The zero-order valence-corrected chi connectivity index (χ0v) is 14.5. The van der Waals surface area contributed by atoms with Crippen LogP contribution in [0.25, 0.3) is 0 Å². The number of hydrogen-bond acceptors (Lipinski definition) is 2. The predicted molar refractivity (Wildman–Crippen MR) is 88.7 cm³/mol. The third kappa shape index (κ3) is 5.09.